The fourth-order valence-corrected chi connectivity index (χ4v) is 6.63. The largest absolute Gasteiger partial charge is 0.445 e. The fourth-order valence-electron chi connectivity index (χ4n) is 6.20. The van der Waals surface area contributed by atoms with Crippen molar-refractivity contribution in [3.63, 3.8) is 0 Å². The van der Waals surface area contributed by atoms with Crippen molar-refractivity contribution in [2.45, 2.75) is 61.7 Å². The first kappa shape index (κ1) is 51.8. The number of halogens is 3. The van der Waals surface area contributed by atoms with Crippen LogP contribution in [0.15, 0.2) is 150 Å². The second kappa shape index (κ2) is 27.5. The van der Waals surface area contributed by atoms with Crippen molar-refractivity contribution in [1.82, 2.24) is 26.2 Å². The van der Waals surface area contributed by atoms with Crippen molar-refractivity contribution in [3.05, 3.63) is 168 Å². The zero-order valence-electron chi connectivity index (χ0n) is 36.9. The lowest BCUT2D eigenvalue weighted by molar-refractivity contribution is -0.137. The Morgan fingerprint density at radius 1 is 0.652 bits per heavy atom. The number of ether oxygens (including phenoxy) is 2. The molecule has 5 amide bonds. The number of alkyl carbamates (subject to hydrolysis) is 2. The van der Waals surface area contributed by atoms with Crippen LogP contribution >= 0.6 is 11.8 Å². The van der Waals surface area contributed by atoms with Gasteiger partial charge in [-0.1, -0.05) is 115 Å². The number of rotatable bonds is 20. The van der Waals surface area contributed by atoms with Crippen molar-refractivity contribution >= 4 is 47.4 Å². The van der Waals surface area contributed by atoms with Crippen molar-refractivity contribution in [2.24, 2.45) is 0 Å². The first-order valence-corrected chi connectivity index (χ1v) is 22.2. The minimum Gasteiger partial charge on any atom is -0.445 e. The highest BCUT2D eigenvalue weighted by atomic mass is 32.2. The highest BCUT2D eigenvalue weighted by Gasteiger charge is 2.32. The van der Waals surface area contributed by atoms with Gasteiger partial charge in [0.25, 0.3) is 0 Å². The predicted molar refractivity (Wildman–Crippen MR) is 248 cm³/mol. The Morgan fingerprint density at radius 3 is 1.62 bits per heavy atom. The van der Waals surface area contributed by atoms with Gasteiger partial charge >= 0.3 is 18.4 Å². The Kier molecular flexibility index (Phi) is 21.6. The van der Waals surface area contributed by atoms with Crippen LogP contribution in [0.5, 0.6) is 0 Å². The number of benzene rings is 5. The van der Waals surface area contributed by atoms with Crippen LogP contribution in [0.25, 0.3) is 0 Å². The predicted octanol–water partition coefficient (Wildman–Crippen LogP) is 7.83. The second-order valence-corrected chi connectivity index (χ2v) is 15.6. The molecular weight excluding hydrogens is 874 g/mol. The third-order valence-electron chi connectivity index (χ3n) is 10.0. The van der Waals surface area contributed by atoms with Crippen LogP contribution in [0, 0.1) is 0 Å². The molecule has 0 aromatic heterocycles. The van der Waals surface area contributed by atoms with E-state index >= 15 is 0 Å². The van der Waals surface area contributed by atoms with Gasteiger partial charge in [-0.2, -0.15) is 13.2 Å². The number of nitrogens with zero attached hydrogens (tertiary/aromatic N) is 1. The second-order valence-electron chi connectivity index (χ2n) is 14.8. The Balaban J connectivity index is 0.00000107. The monoisotopic (exact) mass is 928 g/mol. The van der Waals surface area contributed by atoms with E-state index in [2.05, 4.69) is 45.0 Å². The lowest BCUT2D eigenvalue weighted by Gasteiger charge is -2.30. The minimum absolute atomic E-state index is 0.000554. The Hall–Kier alpha value is -6.85. The van der Waals surface area contributed by atoms with Crippen LogP contribution < -0.4 is 26.6 Å². The Bertz CT molecular complexity index is 2200. The summed E-state index contributed by atoms with van der Waals surface area (Å²) in [7, 11) is 2.89. The highest BCUT2D eigenvalue weighted by molar-refractivity contribution is 7.98. The molecule has 13 nitrogen and oxygen atoms in total. The van der Waals surface area contributed by atoms with Crippen LogP contribution in [0.2, 0.25) is 0 Å². The summed E-state index contributed by atoms with van der Waals surface area (Å²) in [5.41, 5.74) is 1.32. The van der Waals surface area contributed by atoms with E-state index in [1.807, 2.05) is 60.7 Å². The number of nitrogens with one attached hydrogen (secondary N) is 5. The van der Waals surface area contributed by atoms with Crippen molar-refractivity contribution in [3.8, 4) is 0 Å². The van der Waals surface area contributed by atoms with Gasteiger partial charge in [0.2, 0.25) is 17.7 Å². The van der Waals surface area contributed by atoms with E-state index in [-0.39, 0.29) is 38.4 Å². The van der Waals surface area contributed by atoms with Crippen LogP contribution in [0.3, 0.4) is 0 Å². The number of aryl methyl sites for hydroxylation is 1. The van der Waals surface area contributed by atoms with E-state index in [1.54, 1.807) is 60.3 Å². The number of hydrogen-bond acceptors (Lipinski definition) is 9. The standard InChI is InChI=1S/C42H47F3N6O7.C7H8S/c1-46-36(39(54)50-35(22-21-29-13-6-3-7-14-29)38(53)49-33-20-12-19-32(23-33)42(43,44)45)24-37(52)51(2)34(25-47-40(55)57-27-30-15-8-4-9-16-30)26-48-41(56)58-28-31-17-10-5-11-18-31;1-8-7-5-3-2-4-6-7/h3-20,23,34-36,46H,21-22,24-28H2,1-2H3,(H,47,55)(H,48,56)(H,49,53)(H,50,54);2-6H,1H3/t35-,36-;/m0./s1. The molecule has 0 heterocycles. The van der Waals surface area contributed by atoms with E-state index in [4.69, 9.17) is 9.47 Å². The molecule has 0 bridgehead atoms. The molecule has 17 heteroatoms. The third kappa shape index (κ3) is 18.7. The number of hydrogen-bond donors (Lipinski definition) is 5. The Morgan fingerprint density at radius 2 is 1.15 bits per heavy atom. The average Bonchev–Trinajstić information content (AvgIpc) is 3.34. The van der Waals surface area contributed by atoms with Crippen molar-refractivity contribution in [1.29, 1.82) is 0 Å². The maximum atomic E-state index is 13.7. The van der Waals surface area contributed by atoms with Gasteiger partial charge in [0.1, 0.15) is 19.3 Å². The Labute approximate surface area is 387 Å². The summed E-state index contributed by atoms with van der Waals surface area (Å²) in [6, 6.07) is 38.4. The van der Waals surface area contributed by atoms with Gasteiger partial charge in [-0.3, -0.25) is 14.4 Å². The van der Waals surface area contributed by atoms with E-state index in [1.165, 1.54) is 30.0 Å². The minimum atomic E-state index is -4.64. The van der Waals surface area contributed by atoms with Crippen molar-refractivity contribution < 1.29 is 46.6 Å². The number of anilines is 1. The number of amides is 5. The molecule has 0 saturated carbocycles. The average molecular weight is 929 g/mol. The molecule has 0 spiro atoms. The molecule has 0 fully saturated rings. The SMILES string of the molecule is CN[C@@H](CC(=O)N(C)C(CNC(=O)OCc1ccccc1)CNC(=O)OCc1ccccc1)C(=O)N[C@@H](CCc1ccccc1)C(=O)Nc1cccc(C(F)(F)F)c1.CSc1ccccc1. The molecule has 0 aliphatic carbocycles. The number of carbonyl (C=O) groups excluding carboxylic acids is 5. The quantitative estimate of drug-likeness (QED) is 0.0489. The maximum Gasteiger partial charge on any atom is 0.416 e. The lowest BCUT2D eigenvalue weighted by Crippen LogP contribution is -2.54. The summed E-state index contributed by atoms with van der Waals surface area (Å²) in [6.45, 7) is -0.302. The van der Waals surface area contributed by atoms with Gasteiger partial charge in [0, 0.05) is 30.7 Å². The molecule has 0 radical (unpaired) electrons. The summed E-state index contributed by atoms with van der Waals surface area (Å²) in [6.07, 6.45) is -4.06. The number of thioether (sulfide) groups is 1. The highest BCUT2D eigenvalue weighted by Crippen LogP contribution is 2.30. The molecule has 5 N–H and O–H groups in total. The fraction of sp³-hybridized carbons (Fsp3) is 0.286. The maximum absolute atomic E-state index is 13.7. The van der Waals surface area contributed by atoms with E-state index in [9.17, 15) is 37.1 Å². The first-order chi connectivity index (χ1) is 31.7. The summed E-state index contributed by atoms with van der Waals surface area (Å²) < 4.78 is 50.7. The summed E-state index contributed by atoms with van der Waals surface area (Å²) in [5.74, 6) is -2.03. The molecule has 0 aliphatic rings. The van der Waals surface area contributed by atoms with Gasteiger partial charge in [0.15, 0.2) is 0 Å². The first-order valence-electron chi connectivity index (χ1n) is 21.0. The number of carbonyl (C=O) groups is 5. The zero-order valence-corrected chi connectivity index (χ0v) is 37.7. The summed E-state index contributed by atoms with van der Waals surface area (Å²) in [4.78, 5) is 68.6. The summed E-state index contributed by atoms with van der Waals surface area (Å²) in [5, 5.41) is 13.1. The normalized spacial score (nSPS) is 11.7. The molecule has 5 aromatic carbocycles. The van der Waals surface area contributed by atoms with Crippen LogP contribution in [-0.2, 0) is 49.7 Å². The molecule has 2 atom stereocenters. The molecule has 5 aromatic rings. The smallest absolute Gasteiger partial charge is 0.416 e. The third-order valence-corrected chi connectivity index (χ3v) is 10.8. The van der Waals surface area contributed by atoms with E-state index in [0.717, 1.165) is 34.9 Å². The van der Waals surface area contributed by atoms with Crippen molar-refractivity contribution in [2.75, 3.05) is 38.8 Å². The molecule has 66 heavy (non-hydrogen) atoms. The molecule has 5 rings (SSSR count). The van der Waals surface area contributed by atoms with Crippen LogP contribution in [0.1, 0.15) is 35.1 Å². The van der Waals surface area contributed by atoms with Gasteiger partial charge in [-0.05, 0) is 73.2 Å². The topological polar surface area (TPSA) is 167 Å². The number of likely N-dealkylation sites (N-methyl/N-ethyl adjacent to an activating group) is 2. The van der Waals surface area contributed by atoms with Crippen LogP contribution in [0.4, 0.5) is 28.4 Å². The van der Waals surface area contributed by atoms with E-state index in [0.29, 0.717) is 6.42 Å². The van der Waals surface area contributed by atoms with Gasteiger partial charge in [0.05, 0.1) is 24.1 Å². The van der Waals surface area contributed by atoms with Gasteiger partial charge in [-0.15, -0.1) is 11.8 Å². The number of alkyl halides is 3. The van der Waals surface area contributed by atoms with Crippen LogP contribution in [-0.4, -0.2) is 86.4 Å². The molecule has 0 unspecified atom stereocenters. The lowest BCUT2D eigenvalue weighted by atomic mass is 10.0. The molecule has 0 aliphatic heterocycles. The van der Waals surface area contributed by atoms with Gasteiger partial charge in [-0.25, -0.2) is 9.59 Å². The summed E-state index contributed by atoms with van der Waals surface area (Å²) >= 11 is 1.77. The molecular formula is C49H55F3N6O7S. The van der Waals surface area contributed by atoms with Gasteiger partial charge < -0.3 is 41.0 Å². The van der Waals surface area contributed by atoms with E-state index < -0.39 is 66.2 Å². The molecule has 350 valence electrons. The zero-order chi connectivity index (χ0) is 47.7. The molecule has 0 saturated heterocycles.